The van der Waals surface area contributed by atoms with Crippen molar-refractivity contribution in [1.29, 1.82) is 0 Å². The molecule has 30 heavy (non-hydrogen) atoms. The Morgan fingerprint density at radius 2 is 0.900 bits per heavy atom. The average Bonchev–Trinajstić information content (AvgIpc) is 2.77. The third-order valence-electron chi connectivity index (χ3n) is 6.25. The van der Waals surface area contributed by atoms with Crippen LogP contribution in [0.15, 0.2) is 58.7 Å². The molecule has 0 atom stereocenters. The van der Waals surface area contributed by atoms with E-state index in [2.05, 4.69) is 82.4 Å². The third-order valence-corrected chi connectivity index (χ3v) is 6.25. The molecule has 0 saturated carbocycles. The van der Waals surface area contributed by atoms with Gasteiger partial charge in [0.2, 0.25) is 0 Å². The van der Waals surface area contributed by atoms with Crippen molar-refractivity contribution in [3.63, 3.8) is 0 Å². The highest BCUT2D eigenvalue weighted by atomic mass is 15.2. The highest BCUT2D eigenvalue weighted by molar-refractivity contribution is 5.89. The molecule has 0 radical (unpaired) electrons. The van der Waals surface area contributed by atoms with Gasteiger partial charge in [-0.25, -0.2) is 0 Å². The Hall–Kier alpha value is -2.30. The molecule has 0 aliphatic carbocycles. The molecule has 4 rings (SSSR count). The van der Waals surface area contributed by atoms with Gasteiger partial charge in [-0.05, 0) is 25.0 Å². The first kappa shape index (κ1) is 21.0. The van der Waals surface area contributed by atoms with Crippen molar-refractivity contribution in [1.82, 2.24) is 9.80 Å². The van der Waals surface area contributed by atoms with Gasteiger partial charge in [0.15, 0.2) is 0 Å². The van der Waals surface area contributed by atoms with Crippen LogP contribution in [0.4, 0.5) is 0 Å². The minimum absolute atomic E-state index is 1.04. The Balaban J connectivity index is 1.20. The summed E-state index contributed by atoms with van der Waals surface area (Å²) in [5, 5.41) is 9.28. The zero-order chi connectivity index (χ0) is 20.8. The largest absolute Gasteiger partial charge is 0.298 e. The molecule has 0 aromatic heterocycles. The van der Waals surface area contributed by atoms with E-state index in [1.165, 1.54) is 33.7 Å². The predicted octanol–water partition coefficient (Wildman–Crippen LogP) is 4.99. The van der Waals surface area contributed by atoms with E-state index < -0.39 is 0 Å². The Morgan fingerprint density at radius 3 is 1.23 bits per heavy atom. The van der Waals surface area contributed by atoms with E-state index in [9.17, 15) is 0 Å². The summed E-state index contributed by atoms with van der Waals surface area (Å²) in [4.78, 5) is 5.06. The second-order valence-electron chi connectivity index (χ2n) is 8.86. The van der Waals surface area contributed by atoms with E-state index in [0.717, 1.165) is 65.0 Å². The van der Waals surface area contributed by atoms with E-state index in [1.807, 2.05) is 0 Å². The highest BCUT2D eigenvalue weighted by Gasteiger charge is 2.17. The lowest BCUT2D eigenvalue weighted by Crippen LogP contribution is -2.34. The standard InChI is InChI=1S/C26H34N4/c1-21-3-7-23(8-4-21)19-29-15-11-25(12-16-29)27-28-26-13-17-30(18-14-26)20-24-9-5-22(2)6-10-24/h3-10H,11-20H2,1-2H3. The number of nitrogens with zero attached hydrogens (tertiary/aromatic N) is 4. The van der Waals surface area contributed by atoms with E-state index >= 15 is 0 Å². The summed E-state index contributed by atoms with van der Waals surface area (Å²) in [6.45, 7) is 10.7. The fourth-order valence-corrected chi connectivity index (χ4v) is 4.18. The maximum atomic E-state index is 4.64. The van der Waals surface area contributed by atoms with Crippen LogP contribution in [-0.4, -0.2) is 47.4 Å². The first-order valence-electron chi connectivity index (χ1n) is 11.3. The smallest absolute Gasteiger partial charge is 0.0431 e. The molecule has 0 bridgehead atoms. The van der Waals surface area contributed by atoms with Gasteiger partial charge in [0, 0.05) is 76.4 Å². The quantitative estimate of drug-likeness (QED) is 0.660. The van der Waals surface area contributed by atoms with Gasteiger partial charge in [-0.3, -0.25) is 9.80 Å². The summed E-state index contributed by atoms with van der Waals surface area (Å²) >= 11 is 0. The predicted molar refractivity (Wildman–Crippen MR) is 126 cm³/mol. The van der Waals surface area contributed by atoms with Crippen molar-refractivity contribution in [2.75, 3.05) is 26.2 Å². The molecule has 0 amide bonds. The van der Waals surface area contributed by atoms with Gasteiger partial charge in [-0.1, -0.05) is 59.7 Å². The SMILES string of the molecule is Cc1ccc(CN2CCC(=NN=C3CCN(Cc4ccc(C)cc4)CC3)CC2)cc1. The lowest BCUT2D eigenvalue weighted by atomic mass is 10.1. The van der Waals surface area contributed by atoms with E-state index in [-0.39, 0.29) is 0 Å². The molecule has 0 unspecified atom stereocenters. The maximum Gasteiger partial charge on any atom is 0.0431 e. The van der Waals surface area contributed by atoms with Crippen LogP contribution in [0, 0.1) is 13.8 Å². The molecule has 2 aromatic rings. The van der Waals surface area contributed by atoms with Crippen LogP contribution < -0.4 is 0 Å². The summed E-state index contributed by atoms with van der Waals surface area (Å²) in [6.07, 6.45) is 4.18. The molecular weight excluding hydrogens is 368 g/mol. The first-order chi connectivity index (χ1) is 14.6. The zero-order valence-corrected chi connectivity index (χ0v) is 18.5. The molecule has 2 aromatic carbocycles. The second-order valence-corrected chi connectivity index (χ2v) is 8.86. The monoisotopic (exact) mass is 402 g/mol. The molecule has 158 valence electrons. The zero-order valence-electron chi connectivity index (χ0n) is 18.5. The van der Waals surface area contributed by atoms with Gasteiger partial charge in [-0.15, -0.1) is 0 Å². The molecule has 4 nitrogen and oxygen atoms in total. The summed E-state index contributed by atoms with van der Waals surface area (Å²) in [5.41, 5.74) is 7.99. The number of rotatable bonds is 5. The van der Waals surface area contributed by atoms with Crippen LogP contribution in [0.5, 0.6) is 0 Å². The highest BCUT2D eigenvalue weighted by Crippen LogP contribution is 2.15. The minimum atomic E-state index is 1.04. The van der Waals surface area contributed by atoms with E-state index in [1.54, 1.807) is 0 Å². The minimum Gasteiger partial charge on any atom is -0.298 e. The van der Waals surface area contributed by atoms with Gasteiger partial charge in [0.25, 0.3) is 0 Å². The lowest BCUT2D eigenvalue weighted by molar-refractivity contribution is 0.265. The second kappa shape index (κ2) is 10.1. The van der Waals surface area contributed by atoms with Gasteiger partial charge >= 0.3 is 0 Å². The number of hydrogen-bond acceptors (Lipinski definition) is 4. The van der Waals surface area contributed by atoms with Crippen LogP contribution in [0.25, 0.3) is 0 Å². The summed E-state index contributed by atoms with van der Waals surface area (Å²) < 4.78 is 0. The van der Waals surface area contributed by atoms with E-state index in [4.69, 9.17) is 0 Å². The normalized spacial score (nSPS) is 18.5. The Kier molecular flexibility index (Phi) is 7.08. The van der Waals surface area contributed by atoms with Crippen molar-refractivity contribution in [2.45, 2.75) is 52.6 Å². The topological polar surface area (TPSA) is 31.2 Å². The average molecular weight is 403 g/mol. The fraction of sp³-hybridized carbons (Fsp3) is 0.462. The number of hydrogen-bond donors (Lipinski definition) is 0. The van der Waals surface area contributed by atoms with Crippen molar-refractivity contribution in [3.05, 3.63) is 70.8 Å². The molecular formula is C26H34N4. The molecule has 2 aliphatic rings. The van der Waals surface area contributed by atoms with Crippen LogP contribution >= 0.6 is 0 Å². The third kappa shape index (κ3) is 6.10. The van der Waals surface area contributed by atoms with Crippen LogP contribution in [0.3, 0.4) is 0 Å². The van der Waals surface area contributed by atoms with Crippen LogP contribution in [0.2, 0.25) is 0 Å². The number of aryl methyl sites for hydroxylation is 2. The molecule has 4 heteroatoms. The number of likely N-dealkylation sites (tertiary alicyclic amines) is 2. The van der Waals surface area contributed by atoms with Gasteiger partial charge in [0.1, 0.15) is 0 Å². The van der Waals surface area contributed by atoms with Crippen LogP contribution in [-0.2, 0) is 13.1 Å². The summed E-state index contributed by atoms with van der Waals surface area (Å²) in [6, 6.07) is 17.8. The maximum absolute atomic E-state index is 4.64. The van der Waals surface area contributed by atoms with Crippen molar-refractivity contribution in [3.8, 4) is 0 Å². The first-order valence-corrected chi connectivity index (χ1v) is 11.3. The van der Waals surface area contributed by atoms with E-state index in [0.29, 0.717) is 0 Å². The van der Waals surface area contributed by atoms with Crippen molar-refractivity contribution in [2.24, 2.45) is 10.2 Å². The molecule has 2 heterocycles. The Morgan fingerprint density at radius 1 is 0.567 bits per heavy atom. The lowest BCUT2D eigenvalue weighted by Gasteiger charge is -2.28. The van der Waals surface area contributed by atoms with Crippen LogP contribution in [0.1, 0.15) is 47.9 Å². The molecule has 2 fully saturated rings. The Labute approximate surface area is 181 Å². The molecule has 2 aliphatic heterocycles. The van der Waals surface area contributed by atoms with Gasteiger partial charge < -0.3 is 0 Å². The number of benzene rings is 2. The van der Waals surface area contributed by atoms with Gasteiger partial charge in [0.05, 0.1) is 0 Å². The number of piperidine rings is 2. The molecule has 0 spiro atoms. The van der Waals surface area contributed by atoms with Crippen molar-refractivity contribution >= 4 is 11.4 Å². The van der Waals surface area contributed by atoms with Crippen molar-refractivity contribution < 1.29 is 0 Å². The fourth-order valence-electron chi connectivity index (χ4n) is 4.18. The van der Waals surface area contributed by atoms with Gasteiger partial charge in [-0.2, -0.15) is 10.2 Å². The molecule has 2 saturated heterocycles. The Bertz CT molecular complexity index is 785. The molecule has 0 N–H and O–H groups in total. The summed E-state index contributed by atoms with van der Waals surface area (Å²) in [5.74, 6) is 0. The summed E-state index contributed by atoms with van der Waals surface area (Å²) in [7, 11) is 0.